The van der Waals surface area contributed by atoms with Crippen LogP contribution in [0.15, 0.2) is 23.1 Å². The van der Waals surface area contributed by atoms with Gasteiger partial charge in [0.2, 0.25) is 0 Å². The molecule has 0 heterocycles. The van der Waals surface area contributed by atoms with Crippen molar-refractivity contribution in [1.29, 1.82) is 0 Å². The standard InChI is InChI=1S/C9H15NO2S2.3C2H6/c1-4-6-8(5-2)13-9(12)10-14-7(3)11;3*1-2/h4-7,11H,1-3H3,(H,10,12);3*1-2H3/b6-4-,8-5+;;;. The minimum Gasteiger partial charge on any atom is -0.381 e. The van der Waals surface area contributed by atoms with Gasteiger partial charge in [0.15, 0.2) is 0 Å². The monoisotopic (exact) mass is 323 g/mol. The summed E-state index contributed by atoms with van der Waals surface area (Å²) in [6, 6.07) is 0. The Balaban J connectivity index is -0.000000187. The summed E-state index contributed by atoms with van der Waals surface area (Å²) in [6.07, 6.45) is 5.59. The predicted molar refractivity (Wildman–Crippen MR) is 98.0 cm³/mol. The molecule has 0 radical (unpaired) electrons. The van der Waals surface area contributed by atoms with Crippen LogP contribution in [0.5, 0.6) is 0 Å². The number of aliphatic hydroxyl groups excluding tert-OH is 1. The van der Waals surface area contributed by atoms with Crippen molar-refractivity contribution < 1.29 is 9.90 Å². The summed E-state index contributed by atoms with van der Waals surface area (Å²) in [5.41, 5.74) is -0.588. The Hall–Kier alpha value is -0.390. The second kappa shape index (κ2) is 27.0. The zero-order chi connectivity index (χ0) is 17.0. The van der Waals surface area contributed by atoms with Crippen LogP contribution in [-0.2, 0) is 0 Å². The van der Waals surface area contributed by atoms with E-state index in [0.29, 0.717) is 0 Å². The van der Waals surface area contributed by atoms with Crippen LogP contribution in [0, 0.1) is 0 Å². The Bertz CT molecular complexity index is 240. The Kier molecular flexibility index (Phi) is 37.7. The Morgan fingerprint density at radius 2 is 1.55 bits per heavy atom. The fraction of sp³-hybridized carbons (Fsp3) is 0.667. The van der Waals surface area contributed by atoms with Crippen molar-refractivity contribution in [3.63, 3.8) is 0 Å². The van der Waals surface area contributed by atoms with E-state index in [-0.39, 0.29) is 5.24 Å². The second-order valence-electron chi connectivity index (χ2n) is 2.40. The van der Waals surface area contributed by atoms with Gasteiger partial charge in [0, 0.05) is 4.91 Å². The van der Waals surface area contributed by atoms with Crippen molar-refractivity contribution in [3.05, 3.63) is 23.1 Å². The highest BCUT2D eigenvalue weighted by Gasteiger charge is 2.05. The van der Waals surface area contributed by atoms with Gasteiger partial charge in [0.1, 0.15) is 5.44 Å². The summed E-state index contributed by atoms with van der Waals surface area (Å²) < 4.78 is 2.52. The first-order chi connectivity index (χ1) is 9.60. The van der Waals surface area contributed by atoms with E-state index in [0.717, 1.165) is 28.6 Å². The van der Waals surface area contributed by atoms with E-state index < -0.39 is 5.44 Å². The fourth-order valence-electron chi connectivity index (χ4n) is 0.615. The molecule has 0 aromatic rings. The number of carbonyl (C=O) groups excluding carboxylic acids is 1. The Labute approximate surface area is 134 Å². The molecule has 0 rings (SSSR count). The lowest BCUT2D eigenvalue weighted by atomic mass is 10.4. The lowest BCUT2D eigenvalue weighted by Gasteiger charge is -2.05. The van der Waals surface area contributed by atoms with Crippen LogP contribution in [0.1, 0.15) is 62.3 Å². The molecule has 1 unspecified atom stereocenters. The topological polar surface area (TPSA) is 49.3 Å². The smallest absolute Gasteiger partial charge is 0.293 e. The highest BCUT2D eigenvalue weighted by molar-refractivity contribution is 8.18. The van der Waals surface area contributed by atoms with E-state index in [1.54, 1.807) is 6.92 Å². The largest absolute Gasteiger partial charge is 0.381 e. The van der Waals surface area contributed by atoms with Crippen molar-refractivity contribution in [2.24, 2.45) is 0 Å². The minimum atomic E-state index is -0.588. The molecule has 0 aromatic heterocycles. The quantitative estimate of drug-likeness (QED) is 0.380. The average Bonchev–Trinajstić information content (AvgIpc) is 2.50. The summed E-state index contributed by atoms with van der Waals surface area (Å²) in [4.78, 5) is 12.1. The first kappa shape index (κ1) is 27.9. The zero-order valence-corrected chi connectivity index (χ0v) is 16.1. The first-order valence-electron chi connectivity index (χ1n) is 7.20. The molecule has 0 aliphatic rings. The number of nitrogens with one attached hydrogen (secondary N) is 1. The van der Waals surface area contributed by atoms with Crippen molar-refractivity contribution in [2.45, 2.75) is 67.7 Å². The SMILES string of the molecule is C/C=C\C(=C/C)SC(=O)NSC(C)O.CC.CC.CC. The molecular weight excluding hydrogens is 290 g/mol. The molecule has 2 N–H and O–H groups in total. The van der Waals surface area contributed by atoms with Gasteiger partial charge in [-0.3, -0.25) is 9.52 Å². The van der Waals surface area contributed by atoms with Crippen LogP contribution in [-0.4, -0.2) is 15.8 Å². The summed E-state index contributed by atoms with van der Waals surface area (Å²) in [6.45, 7) is 17.4. The summed E-state index contributed by atoms with van der Waals surface area (Å²) in [7, 11) is 0. The van der Waals surface area contributed by atoms with Crippen LogP contribution < -0.4 is 4.72 Å². The van der Waals surface area contributed by atoms with E-state index in [4.69, 9.17) is 5.11 Å². The molecule has 0 spiro atoms. The highest BCUT2D eigenvalue weighted by Crippen LogP contribution is 2.19. The van der Waals surface area contributed by atoms with Gasteiger partial charge in [-0.2, -0.15) is 0 Å². The molecule has 0 aliphatic heterocycles. The molecule has 0 bridgehead atoms. The zero-order valence-electron chi connectivity index (χ0n) is 14.5. The third kappa shape index (κ3) is 26.2. The van der Waals surface area contributed by atoms with Crippen molar-refractivity contribution in [1.82, 2.24) is 4.72 Å². The third-order valence-corrected chi connectivity index (χ3v) is 2.81. The van der Waals surface area contributed by atoms with Crippen molar-refractivity contribution in [3.8, 4) is 0 Å². The number of aliphatic hydroxyl groups is 1. The molecule has 1 atom stereocenters. The minimum absolute atomic E-state index is 0.179. The fourth-order valence-corrected chi connectivity index (χ4v) is 1.73. The Morgan fingerprint density at radius 3 is 1.85 bits per heavy atom. The summed E-state index contributed by atoms with van der Waals surface area (Å²) in [5, 5.41) is 8.73. The molecule has 0 saturated carbocycles. The lowest BCUT2D eigenvalue weighted by Crippen LogP contribution is -2.13. The van der Waals surface area contributed by atoms with Gasteiger partial charge in [-0.15, -0.1) is 0 Å². The van der Waals surface area contributed by atoms with Crippen LogP contribution in [0.2, 0.25) is 0 Å². The van der Waals surface area contributed by atoms with E-state index >= 15 is 0 Å². The van der Waals surface area contributed by atoms with Gasteiger partial charge in [0.05, 0.1) is 0 Å². The number of allylic oxidation sites excluding steroid dienone is 3. The number of hydrogen-bond donors (Lipinski definition) is 2. The van der Waals surface area contributed by atoms with Crippen LogP contribution in [0.3, 0.4) is 0 Å². The summed E-state index contributed by atoms with van der Waals surface area (Å²) >= 11 is 2.10. The second-order valence-corrected chi connectivity index (χ2v) is 4.57. The molecule has 3 nitrogen and oxygen atoms in total. The third-order valence-electron chi connectivity index (χ3n) is 1.14. The van der Waals surface area contributed by atoms with E-state index in [1.165, 1.54) is 0 Å². The summed E-state index contributed by atoms with van der Waals surface area (Å²) in [5.74, 6) is 0. The lowest BCUT2D eigenvalue weighted by molar-refractivity contribution is 0.263. The maximum Gasteiger partial charge on any atom is 0.293 e. The maximum absolute atomic E-state index is 11.2. The molecule has 20 heavy (non-hydrogen) atoms. The normalized spacial score (nSPS) is 11.0. The molecule has 0 saturated heterocycles. The predicted octanol–water partition coefficient (Wildman–Crippen LogP) is 5.97. The van der Waals surface area contributed by atoms with Gasteiger partial charge >= 0.3 is 0 Å². The highest BCUT2D eigenvalue weighted by atomic mass is 32.2. The van der Waals surface area contributed by atoms with Gasteiger partial charge in [-0.05, 0) is 44.5 Å². The molecule has 1 amide bonds. The number of hydrogen-bond acceptors (Lipinski definition) is 4. The van der Waals surface area contributed by atoms with E-state index in [1.807, 2.05) is 73.6 Å². The van der Waals surface area contributed by atoms with E-state index in [2.05, 4.69) is 4.72 Å². The van der Waals surface area contributed by atoms with Crippen LogP contribution in [0.4, 0.5) is 4.79 Å². The number of carbonyl (C=O) groups is 1. The number of amides is 1. The molecular formula is C15H33NO2S2. The van der Waals surface area contributed by atoms with Crippen LogP contribution >= 0.6 is 23.7 Å². The molecule has 122 valence electrons. The van der Waals surface area contributed by atoms with Gasteiger partial charge < -0.3 is 5.11 Å². The van der Waals surface area contributed by atoms with Crippen molar-refractivity contribution >= 4 is 28.9 Å². The van der Waals surface area contributed by atoms with Gasteiger partial charge in [0.25, 0.3) is 5.24 Å². The molecule has 0 aromatic carbocycles. The number of rotatable bonds is 4. The average molecular weight is 324 g/mol. The van der Waals surface area contributed by atoms with Crippen molar-refractivity contribution in [2.75, 3.05) is 0 Å². The number of thioether (sulfide) groups is 1. The van der Waals surface area contributed by atoms with Gasteiger partial charge in [-0.1, -0.05) is 59.8 Å². The molecule has 0 fully saturated rings. The van der Waals surface area contributed by atoms with Crippen LogP contribution in [0.25, 0.3) is 0 Å². The molecule has 0 aliphatic carbocycles. The van der Waals surface area contributed by atoms with Gasteiger partial charge in [-0.25, -0.2) is 0 Å². The molecule has 5 heteroatoms. The maximum atomic E-state index is 11.2. The first-order valence-corrected chi connectivity index (χ1v) is 8.90. The Morgan fingerprint density at radius 1 is 1.10 bits per heavy atom. The van der Waals surface area contributed by atoms with E-state index in [9.17, 15) is 4.79 Å².